The lowest BCUT2D eigenvalue weighted by Gasteiger charge is -2.21. The number of esters is 1. The van der Waals surface area contributed by atoms with Gasteiger partial charge in [-0.25, -0.2) is 0 Å². The molecule has 1 aliphatic carbocycles. The number of rotatable bonds is 5. The van der Waals surface area contributed by atoms with Crippen molar-refractivity contribution in [1.82, 2.24) is 5.32 Å². The minimum absolute atomic E-state index is 0.0701. The van der Waals surface area contributed by atoms with Crippen molar-refractivity contribution in [2.45, 2.75) is 70.9 Å². The maximum absolute atomic E-state index is 11.8. The van der Waals surface area contributed by atoms with Crippen molar-refractivity contribution in [1.29, 1.82) is 0 Å². The van der Waals surface area contributed by atoms with Crippen molar-refractivity contribution in [3.63, 3.8) is 0 Å². The molecule has 1 saturated carbocycles. The first-order valence-electron chi connectivity index (χ1n) is 7.47. The first kappa shape index (κ1) is 16.4. The van der Waals surface area contributed by atoms with Gasteiger partial charge in [0.05, 0.1) is 6.61 Å². The predicted octanol–water partition coefficient (Wildman–Crippen LogP) is 2.25. The lowest BCUT2D eigenvalue weighted by molar-refractivity contribution is -0.156. The molecular formula is C15H29NO3. The molecule has 0 radical (unpaired) electrons. The highest BCUT2D eigenvalue weighted by molar-refractivity contribution is 5.70. The lowest BCUT2D eigenvalue weighted by atomic mass is 9.96. The molecule has 2 atom stereocenters. The average molecular weight is 271 g/mol. The van der Waals surface area contributed by atoms with E-state index in [4.69, 9.17) is 9.84 Å². The van der Waals surface area contributed by atoms with Gasteiger partial charge in [0.2, 0.25) is 0 Å². The minimum atomic E-state index is -0.382. The molecule has 19 heavy (non-hydrogen) atoms. The Morgan fingerprint density at radius 1 is 1.26 bits per heavy atom. The SMILES string of the molecule is CC(C)(C)OC(=O)CC1CCCC(NCCO)CC1. The van der Waals surface area contributed by atoms with Gasteiger partial charge < -0.3 is 15.2 Å². The van der Waals surface area contributed by atoms with E-state index in [9.17, 15) is 4.79 Å². The van der Waals surface area contributed by atoms with Crippen LogP contribution in [-0.2, 0) is 9.53 Å². The molecule has 1 rings (SSSR count). The van der Waals surface area contributed by atoms with E-state index in [-0.39, 0.29) is 18.2 Å². The Morgan fingerprint density at radius 3 is 2.63 bits per heavy atom. The molecule has 112 valence electrons. The topological polar surface area (TPSA) is 58.6 Å². The molecule has 0 aromatic carbocycles. The Hall–Kier alpha value is -0.610. The van der Waals surface area contributed by atoms with Gasteiger partial charge in [0.1, 0.15) is 5.60 Å². The van der Waals surface area contributed by atoms with Crippen molar-refractivity contribution >= 4 is 5.97 Å². The standard InChI is InChI=1S/C15H29NO3/c1-15(2,3)19-14(18)11-12-5-4-6-13(8-7-12)16-9-10-17/h12-13,16-17H,4-11H2,1-3H3. The summed E-state index contributed by atoms with van der Waals surface area (Å²) in [5.74, 6) is 0.384. The van der Waals surface area contributed by atoms with E-state index in [1.807, 2.05) is 20.8 Å². The molecule has 0 saturated heterocycles. The normalized spacial score (nSPS) is 24.8. The van der Waals surface area contributed by atoms with E-state index in [1.165, 1.54) is 0 Å². The minimum Gasteiger partial charge on any atom is -0.460 e. The molecule has 1 fully saturated rings. The van der Waals surface area contributed by atoms with Crippen molar-refractivity contribution < 1.29 is 14.6 Å². The van der Waals surface area contributed by atoms with Gasteiger partial charge in [-0.3, -0.25) is 4.79 Å². The van der Waals surface area contributed by atoms with Crippen LogP contribution in [0.3, 0.4) is 0 Å². The Morgan fingerprint density at radius 2 is 2.00 bits per heavy atom. The zero-order valence-corrected chi connectivity index (χ0v) is 12.6. The number of carbonyl (C=O) groups is 1. The van der Waals surface area contributed by atoms with Gasteiger partial charge in [0.25, 0.3) is 0 Å². The van der Waals surface area contributed by atoms with Gasteiger partial charge in [-0.05, 0) is 52.4 Å². The molecule has 4 nitrogen and oxygen atoms in total. The molecule has 0 aromatic rings. The van der Waals surface area contributed by atoms with E-state index >= 15 is 0 Å². The molecule has 0 aliphatic heterocycles. The maximum atomic E-state index is 11.8. The van der Waals surface area contributed by atoms with E-state index in [0.717, 1.165) is 32.1 Å². The molecule has 4 heteroatoms. The van der Waals surface area contributed by atoms with Crippen LogP contribution < -0.4 is 5.32 Å². The second-order valence-electron chi connectivity index (χ2n) is 6.54. The Balaban J connectivity index is 2.30. The highest BCUT2D eigenvalue weighted by Crippen LogP contribution is 2.26. The van der Waals surface area contributed by atoms with Crippen LogP contribution >= 0.6 is 0 Å². The number of hydrogen-bond acceptors (Lipinski definition) is 4. The third kappa shape index (κ3) is 7.53. The molecule has 2 unspecified atom stereocenters. The molecule has 0 aromatic heterocycles. The van der Waals surface area contributed by atoms with Gasteiger partial charge in [0, 0.05) is 19.0 Å². The van der Waals surface area contributed by atoms with Gasteiger partial charge in [0.15, 0.2) is 0 Å². The Bertz CT molecular complexity index is 273. The molecule has 1 aliphatic rings. The second kappa shape index (κ2) is 7.85. The zero-order valence-electron chi connectivity index (χ0n) is 12.6. The van der Waals surface area contributed by atoms with Crippen molar-refractivity contribution in [3.8, 4) is 0 Å². The molecule has 0 amide bonds. The predicted molar refractivity (Wildman–Crippen MR) is 75.9 cm³/mol. The van der Waals surface area contributed by atoms with E-state index in [1.54, 1.807) is 0 Å². The molecule has 2 N–H and O–H groups in total. The van der Waals surface area contributed by atoms with Crippen LogP contribution in [0.2, 0.25) is 0 Å². The highest BCUT2D eigenvalue weighted by Gasteiger charge is 2.23. The summed E-state index contributed by atoms with van der Waals surface area (Å²) in [7, 11) is 0. The van der Waals surface area contributed by atoms with Gasteiger partial charge in [-0.15, -0.1) is 0 Å². The molecule has 0 spiro atoms. The van der Waals surface area contributed by atoms with Gasteiger partial charge >= 0.3 is 5.97 Å². The largest absolute Gasteiger partial charge is 0.460 e. The summed E-state index contributed by atoms with van der Waals surface area (Å²) < 4.78 is 5.39. The van der Waals surface area contributed by atoms with E-state index < -0.39 is 0 Å². The third-order valence-corrected chi connectivity index (χ3v) is 3.51. The van der Waals surface area contributed by atoms with E-state index in [2.05, 4.69) is 5.32 Å². The molecular weight excluding hydrogens is 242 g/mol. The maximum Gasteiger partial charge on any atom is 0.306 e. The van der Waals surface area contributed by atoms with Crippen molar-refractivity contribution in [2.75, 3.05) is 13.2 Å². The fourth-order valence-electron chi connectivity index (χ4n) is 2.67. The Kier molecular flexibility index (Phi) is 6.80. The Labute approximate surface area is 116 Å². The van der Waals surface area contributed by atoms with Crippen LogP contribution in [0.15, 0.2) is 0 Å². The lowest BCUT2D eigenvalue weighted by Crippen LogP contribution is -2.31. The summed E-state index contributed by atoms with van der Waals surface area (Å²) in [6, 6.07) is 0.496. The number of aliphatic hydroxyl groups excluding tert-OH is 1. The first-order valence-corrected chi connectivity index (χ1v) is 7.47. The summed E-state index contributed by atoms with van der Waals surface area (Å²) in [6.07, 6.45) is 6.11. The van der Waals surface area contributed by atoms with Crippen LogP contribution in [0, 0.1) is 5.92 Å². The molecule has 0 heterocycles. The highest BCUT2D eigenvalue weighted by atomic mass is 16.6. The number of hydrogen-bond donors (Lipinski definition) is 2. The summed E-state index contributed by atoms with van der Waals surface area (Å²) in [6.45, 7) is 6.59. The fraction of sp³-hybridized carbons (Fsp3) is 0.933. The smallest absolute Gasteiger partial charge is 0.306 e. The third-order valence-electron chi connectivity index (χ3n) is 3.51. The second-order valence-corrected chi connectivity index (χ2v) is 6.54. The average Bonchev–Trinajstić information content (AvgIpc) is 2.49. The number of ether oxygens (including phenoxy) is 1. The fourth-order valence-corrected chi connectivity index (χ4v) is 2.67. The van der Waals surface area contributed by atoms with E-state index in [0.29, 0.717) is 24.9 Å². The van der Waals surface area contributed by atoms with Crippen LogP contribution in [0.25, 0.3) is 0 Å². The number of aliphatic hydroxyl groups is 1. The summed E-state index contributed by atoms with van der Waals surface area (Å²) in [5.41, 5.74) is -0.382. The molecule has 0 bridgehead atoms. The van der Waals surface area contributed by atoms with Crippen LogP contribution in [0.5, 0.6) is 0 Å². The van der Waals surface area contributed by atoms with Crippen molar-refractivity contribution in [3.05, 3.63) is 0 Å². The van der Waals surface area contributed by atoms with Crippen LogP contribution in [-0.4, -0.2) is 35.9 Å². The summed E-state index contributed by atoms with van der Waals surface area (Å²) in [5, 5.41) is 12.2. The van der Waals surface area contributed by atoms with Crippen LogP contribution in [0.4, 0.5) is 0 Å². The monoisotopic (exact) mass is 271 g/mol. The van der Waals surface area contributed by atoms with Gasteiger partial charge in [-0.1, -0.05) is 6.42 Å². The summed E-state index contributed by atoms with van der Waals surface area (Å²) >= 11 is 0. The van der Waals surface area contributed by atoms with Crippen molar-refractivity contribution in [2.24, 2.45) is 5.92 Å². The quantitative estimate of drug-likeness (QED) is 0.595. The van der Waals surface area contributed by atoms with Crippen LogP contribution in [0.1, 0.15) is 59.3 Å². The van der Waals surface area contributed by atoms with Gasteiger partial charge in [-0.2, -0.15) is 0 Å². The zero-order chi connectivity index (χ0) is 14.3. The summed E-state index contributed by atoms with van der Waals surface area (Å²) in [4.78, 5) is 11.8. The number of nitrogens with one attached hydrogen (secondary N) is 1. The first-order chi connectivity index (χ1) is 8.90. The number of carbonyl (C=O) groups excluding carboxylic acids is 1.